The van der Waals surface area contributed by atoms with Crippen molar-refractivity contribution < 1.29 is 9.90 Å². The molecule has 1 fully saturated rings. The highest BCUT2D eigenvalue weighted by molar-refractivity contribution is 6.33. The van der Waals surface area contributed by atoms with Crippen molar-refractivity contribution in [2.75, 3.05) is 6.54 Å². The molecule has 1 unspecified atom stereocenters. The van der Waals surface area contributed by atoms with E-state index < -0.39 is 28.8 Å². The van der Waals surface area contributed by atoms with Crippen LogP contribution in [0.15, 0.2) is 34.0 Å². The molecule has 0 radical (unpaired) electrons. The summed E-state index contributed by atoms with van der Waals surface area (Å²) >= 11 is 6.22. The van der Waals surface area contributed by atoms with Crippen LogP contribution in [0.1, 0.15) is 55.8 Å². The molecule has 31 heavy (non-hydrogen) atoms. The van der Waals surface area contributed by atoms with E-state index >= 15 is 0 Å². The second-order valence-electron chi connectivity index (χ2n) is 8.25. The summed E-state index contributed by atoms with van der Waals surface area (Å²) in [5.41, 5.74) is 4.02. The molecule has 0 aliphatic heterocycles. The zero-order chi connectivity index (χ0) is 22.6. The maximum atomic E-state index is 12.8. The lowest BCUT2D eigenvalue weighted by Crippen LogP contribution is -2.43. The van der Waals surface area contributed by atoms with Gasteiger partial charge in [-0.2, -0.15) is 9.78 Å². The normalized spacial score (nSPS) is 17.0. The largest absolute Gasteiger partial charge is 0.388 e. The SMILES string of the molecule is CC(N)Cn1c(=O)cnn(-c2ccc(Cl)c(C(=O)NCC3(O)CCCCCC3)c2)c1=O. The highest BCUT2D eigenvalue weighted by Gasteiger charge is 2.28. The van der Waals surface area contributed by atoms with Crippen LogP contribution in [0.25, 0.3) is 5.69 Å². The van der Waals surface area contributed by atoms with E-state index in [9.17, 15) is 19.5 Å². The molecule has 10 heteroatoms. The first-order valence-electron chi connectivity index (χ1n) is 10.5. The molecule has 0 bridgehead atoms. The standard InChI is InChI=1S/C21H28ClN5O4/c1-14(23)12-26-18(28)11-25-27(20(26)30)15-6-7-17(22)16(10-15)19(29)24-13-21(31)8-4-2-3-5-9-21/h6-7,10-11,14,31H,2-5,8-9,12-13,23H2,1H3,(H,24,29). The van der Waals surface area contributed by atoms with Crippen molar-refractivity contribution in [3.05, 3.63) is 55.8 Å². The van der Waals surface area contributed by atoms with Gasteiger partial charge in [-0.05, 0) is 38.0 Å². The minimum atomic E-state index is -0.927. The number of halogens is 1. The van der Waals surface area contributed by atoms with Crippen LogP contribution in [0.4, 0.5) is 0 Å². The van der Waals surface area contributed by atoms with Gasteiger partial charge in [-0.25, -0.2) is 4.79 Å². The van der Waals surface area contributed by atoms with Gasteiger partial charge in [0.2, 0.25) is 0 Å². The lowest BCUT2D eigenvalue weighted by atomic mass is 9.94. The average molecular weight is 450 g/mol. The number of nitrogens with one attached hydrogen (secondary N) is 1. The predicted molar refractivity (Wildman–Crippen MR) is 118 cm³/mol. The zero-order valence-corrected chi connectivity index (χ0v) is 18.3. The highest BCUT2D eigenvalue weighted by atomic mass is 35.5. The Bertz CT molecular complexity index is 1050. The first-order valence-corrected chi connectivity index (χ1v) is 10.8. The Morgan fingerprint density at radius 1 is 1.29 bits per heavy atom. The number of hydrogen-bond donors (Lipinski definition) is 3. The number of amides is 1. The number of hydrogen-bond acceptors (Lipinski definition) is 6. The van der Waals surface area contributed by atoms with Gasteiger partial charge in [0, 0.05) is 19.1 Å². The summed E-state index contributed by atoms with van der Waals surface area (Å²) in [6.07, 6.45) is 6.32. The van der Waals surface area contributed by atoms with Crippen molar-refractivity contribution in [3.63, 3.8) is 0 Å². The molecule has 1 amide bonds. The number of carbonyl (C=O) groups excluding carboxylic acids is 1. The zero-order valence-electron chi connectivity index (χ0n) is 17.5. The van der Waals surface area contributed by atoms with E-state index in [1.54, 1.807) is 6.92 Å². The van der Waals surface area contributed by atoms with Crippen molar-refractivity contribution >= 4 is 17.5 Å². The van der Waals surface area contributed by atoms with Gasteiger partial charge in [0.25, 0.3) is 11.5 Å². The van der Waals surface area contributed by atoms with Gasteiger partial charge < -0.3 is 16.2 Å². The van der Waals surface area contributed by atoms with E-state index in [0.717, 1.165) is 41.1 Å². The monoisotopic (exact) mass is 449 g/mol. The van der Waals surface area contributed by atoms with E-state index in [0.29, 0.717) is 12.8 Å². The number of rotatable bonds is 6. The topological polar surface area (TPSA) is 132 Å². The quantitative estimate of drug-likeness (QED) is 0.568. The molecule has 1 aliphatic carbocycles. The Morgan fingerprint density at radius 2 is 1.97 bits per heavy atom. The van der Waals surface area contributed by atoms with Crippen molar-refractivity contribution in [1.29, 1.82) is 0 Å². The Balaban J connectivity index is 1.86. The summed E-state index contributed by atoms with van der Waals surface area (Å²) in [4.78, 5) is 37.5. The van der Waals surface area contributed by atoms with E-state index in [4.69, 9.17) is 17.3 Å². The molecule has 9 nitrogen and oxygen atoms in total. The van der Waals surface area contributed by atoms with Gasteiger partial charge in [0.15, 0.2) is 0 Å². The van der Waals surface area contributed by atoms with Crippen LogP contribution in [0.3, 0.4) is 0 Å². The van der Waals surface area contributed by atoms with E-state index in [2.05, 4.69) is 10.4 Å². The van der Waals surface area contributed by atoms with Crippen LogP contribution in [0.2, 0.25) is 5.02 Å². The fourth-order valence-corrected chi connectivity index (χ4v) is 3.99. The van der Waals surface area contributed by atoms with Crippen LogP contribution in [0, 0.1) is 0 Å². The van der Waals surface area contributed by atoms with Crippen LogP contribution in [-0.4, -0.2) is 43.5 Å². The predicted octanol–water partition coefficient (Wildman–Crippen LogP) is 1.21. The lowest BCUT2D eigenvalue weighted by Gasteiger charge is -2.26. The maximum absolute atomic E-state index is 12.8. The minimum Gasteiger partial charge on any atom is -0.388 e. The van der Waals surface area contributed by atoms with E-state index in [1.807, 2.05) is 0 Å². The molecule has 1 heterocycles. The fourth-order valence-electron chi connectivity index (χ4n) is 3.79. The molecule has 1 aromatic carbocycles. The number of nitrogens with two attached hydrogens (primary N) is 1. The summed E-state index contributed by atoms with van der Waals surface area (Å²) in [5.74, 6) is -0.457. The number of benzene rings is 1. The summed E-state index contributed by atoms with van der Waals surface area (Å²) in [6, 6.07) is 4.06. The van der Waals surface area contributed by atoms with Gasteiger partial charge in [0.1, 0.15) is 6.20 Å². The number of nitrogens with zero attached hydrogens (tertiary/aromatic N) is 3. The molecular formula is C21H28ClN5O4. The van der Waals surface area contributed by atoms with Crippen LogP contribution in [-0.2, 0) is 6.54 Å². The smallest absolute Gasteiger partial charge is 0.352 e. The van der Waals surface area contributed by atoms with Crippen molar-refractivity contribution in [1.82, 2.24) is 19.7 Å². The van der Waals surface area contributed by atoms with Crippen molar-refractivity contribution in [2.24, 2.45) is 5.73 Å². The van der Waals surface area contributed by atoms with Crippen molar-refractivity contribution in [3.8, 4) is 5.69 Å². The third kappa shape index (κ3) is 5.61. The summed E-state index contributed by atoms with van der Waals surface area (Å²) < 4.78 is 2.02. The fraction of sp³-hybridized carbons (Fsp3) is 0.524. The molecule has 0 spiro atoms. The first-order chi connectivity index (χ1) is 14.7. The Hall–Kier alpha value is -2.49. The molecule has 1 aliphatic rings. The number of aliphatic hydroxyl groups is 1. The van der Waals surface area contributed by atoms with Gasteiger partial charge in [0.05, 0.1) is 21.9 Å². The average Bonchev–Trinajstić information content (AvgIpc) is 2.95. The third-order valence-corrected chi connectivity index (χ3v) is 5.81. The van der Waals surface area contributed by atoms with E-state index in [1.165, 1.54) is 18.2 Å². The van der Waals surface area contributed by atoms with Gasteiger partial charge in [-0.1, -0.05) is 37.3 Å². The third-order valence-electron chi connectivity index (χ3n) is 5.48. The first kappa shape index (κ1) is 23.2. The summed E-state index contributed by atoms with van der Waals surface area (Å²) in [7, 11) is 0. The molecule has 1 aromatic heterocycles. The van der Waals surface area contributed by atoms with E-state index in [-0.39, 0.29) is 29.4 Å². The second-order valence-corrected chi connectivity index (χ2v) is 8.66. The van der Waals surface area contributed by atoms with Gasteiger partial charge in [-0.15, -0.1) is 0 Å². The summed E-state index contributed by atoms with van der Waals surface area (Å²) in [6.45, 7) is 1.85. The molecule has 4 N–H and O–H groups in total. The summed E-state index contributed by atoms with van der Waals surface area (Å²) in [5, 5.41) is 17.6. The minimum absolute atomic E-state index is 0.0414. The van der Waals surface area contributed by atoms with Crippen molar-refractivity contribution in [2.45, 2.75) is 63.6 Å². The molecule has 1 saturated carbocycles. The molecule has 168 valence electrons. The van der Waals surface area contributed by atoms with Crippen LogP contribution >= 0.6 is 11.6 Å². The van der Waals surface area contributed by atoms with Crippen LogP contribution in [0.5, 0.6) is 0 Å². The van der Waals surface area contributed by atoms with Crippen LogP contribution < -0.4 is 22.3 Å². The highest BCUT2D eigenvalue weighted by Crippen LogP contribution is 2.26. The molecule has 3 rings (SSSR count). The number of carbonyl (C=O) groups is 1. The molecule has 2 aromatic rings. The molecular weight excluding hydrogens is 422 g/mol. The van der Waals surface area contributed by atoms with Gasteiger partial charge >= 0.3 is 5.69 Å². The Morgan fingerprint density at radius 3 is 2.61 bits per heavy atom. The Labute approximate surface area is 184 Å². The molecule has 1 atom stereocenters. The maximum Gasteiger partial charge on any atom is 0.352 e. The number of aromatic nitrogens is 3. The van der Waals surface area contributed by atoms with Gasteiger partial charge in [-0.3, -0.25) is 14.2 Å². The Kier molecular flexibility index (Phi) is 7.30. The lowest BCUT2D eigenvalue weighted by molar-refractivity contribution is 0.0246. The second kappa shape index (κ2) is 9.76. The molecule has 0 saturated heterocycles.